The molecule has 0 unspecified atom stereocenters. The van der Waals surface area contributed by atoms with Crippen molar-refractivity contribution in [1.29, 1.82) is 0 Å². The second-order valence-corrected chi connectivity index (χ2v) is 5.34. The molecule has 0 radical (unpaired) electrons. The van der Waals surface area contributed by atoms with Gasteiger partial charge >= 0.3 is 0 Å². The number of hydrogen-bond acceptors (Lipinski definition) is 6. The largest absolute Gasteiger partial charge is 0.507 e. The van der Waals surface area contributed by atoms with E-state index in [1.54, 1.807) is 18.3 Å². The van der Waals surface area contributed by atoms with Gasteiger partial charge in [-0.3, -0.25) is 9.78 Å². The molecule has 0 aliphatic rings. The molecule has 0 saturated carbocycles. The summed E-state index contributed by atoms with van der Waals surface area (Å²) < 4.78 is 10.3. The number of hydrazone groups is 1. The Morgan fingerprint density at radius 1 is 1.19 bits per heavy atom. The number of phenols is 1. The number of hydrogen-bond donors (Lipinski definition) is 2. The zero-order valence-corrected chi connectivity index (χ0v) is 14.3. The number of nitrogens with one attached hydrogen (secondary N) is 1. The molecule has 0 saturated heterocycles. The number of fused-ring (bicyclic) bond motifs is 1. The minimum atomic E-state index is -0.383. The predicted molar refractivity (Wildman–Crippen MR) is 98.0 cm³/mol. The van der Waals surface area contributed by atoms with E-state index in [0.717, 1.165) is 10.9 Å². The van der Waals surface area contributed by atoms with E-state index in [9.17, 15) is 9.90 Å². The van der Waals surface area contributed by atoms with Crippen LogP contribution in [0, 0.1) is 0 Å². The van der Waals surface area contributed by atoms with Crippen molar-refractivity contribution >= 4 is 23.0 Å². The Balaban J connectivity index is 1.83. The van der Waals surface area contributed by atoms with Crippen LogP contribution in [0.5, 0.6) is 17.2 Å². The minimum Gasteiger partial charge on any atom is -0.507 e. The molecule has 1 amide bonds. The lowest BCUT2D eigenvalue weighted by Crippen LogP contribution is -2.18. The van der Waals surface area contributed by atoms with Crippen LogP contribution in [0.4, 0.5) is 0 Å². The number of benzene rings is 2. The van der Waals surface area contributed by atoms with Gasteiger partial charge in [0.2, 0.25) is 0 Å². The van der Waals surface area contributed by atoms with Crippen LogP contribution < -0.4 is 14.9 Å². The molecule has 1 heterocycles. The topological polar surface area (TPSA) is 93.0 Å². The molecule has 1 aromatic heterocycles. The fourth-order valence-corrected chi connectivity index (χ4v) is 2.51. The average molecular weight is 351 g/mol. The smallest absolute Gasteiger partial charge is 0.272 e. The van der Waals surface area contributed by atoms with E-state index in [1.165, 1.54) is 26.5 Å². The monoisotopic (exact) mass is 351 g/mol. The molecule has 7 nitrogen and oxygen atoms in total. The number of rotatable bonds is 5. The second-order valence-electron chi connectivity index (χ2n) is 5.34. The highest BCUT2D eigenvalue weighted by atomic mass is 16.5. The van der Waals surface area contributed by atoms with E-state index in [1.807, 2.05) is 24.3 Å². The standard InChI is InChI=1S/C19H17N3O4/c1-25-12-9-17(23)15(18(10-12)26-2)11-21-22-19(24)14-7-8-20-16-6-4-3-5-13(14)16/h3-11,23H,1-2H3,(H,22,24). The van der Waals surface area contributed by atoms with Crippen LogP contribution in [0.25, 0.3) is 10.9 Å². The lowest BCUT2D eigenvalue weighted by Gasteiger charge is -2.09. The third-order valence-electron chi connectivity index (χ3n) is 3.80. The third-order valence-corrected chi connectivity index (χ3v) is 3.80. The van der Waals surface area contributed by atoms with Gasteiger partial charge in [-0.2, -0.15) is 5.10 Å². The highest BCUT2D eigenvalue weighted by Gasteiger charge is 2.12. The van der Waals surface area contributed by atoms with Crippen molar-refractivity contribution in [3.63, 3.8) is 0 Å². The first-order valence-electron chi connectivity index (χ1n) is 7.76. The van der Waals surface area contributed by atoms with Gasteiger partial charge in [0.25, 0.3) is 5.91 Å². The number of phenolic OH excluding ortho intramolecular Hbond substituents is 1. The van der Waals surface area contributed by atoms with Crippen molar-refractivity contribution in [3.8, 4) is 17.2 Å². The summed E-state index contributed by atoms with van der Waals surface area (Å²) >= 11 is 0. The molecule has 3 rings (SSSR count). The van der Waals surface area contributed by atoms with Crippen LogP contribution in [0.1, 0.15) is 15.9 Å². The second kappa shape index (κ2) is 7.52. The Bertz CT molecular complexity index is 980. The molecule has 0 fully saturated rings. The van der Waals surface area contributed by atoms with Gasteiger partial charge in [0.1, 0.15) is 17.2 Å². The molecular weight excluding hydrogens is 334 g/mol. The first kappa shape index (κ1) is 17.2. The summed E-state index contributed by atoms with van der Waals surface area (Å²) in [6.07, 6.45) is 2.88. The molecule has 0 aliphatic carbocycles. The number of carbonyl (C=O) groups is 1. The fourth-order valence-electron chi connectivity index (χ4n) is 2.51. The Morgan fingerprint density at radius 2 is 2.00 bits per heavy atom. The van der Waals surface area contributed by atoms with Gasteiger partial charge < -0.3 is 14.6 Å². The maximum Gasteiger partial charge on any atom is 0.272 e. The molecule has 3 aromatic rings. The third kappa shape index (κ3) is 3.41. The van der Waals surface area contributed by atoms with Crippen molar-refractivity contribution in [1.82, 2.24) is 10.4 Å². The van der Waals surface area contributed by atoms with Crippen LogP contribution >= 0.6 is 0 Å². The average Bonchev–Trinajstić information content (AvgIpc) is 2.68. The van der Waals surface area contributed by atoms with Gasteiger partial charge in [-0.05, 0) is 12.1 Å². The number of aromatic hydroxyl groups is 1. The lowest BCUT2D eigenvalue weighted by molar-refractivity contribution is 0.0956. The van der Waals surface area contributed by atoms with Gasteiger partial charge in [-0.25, -0.2) is 5.43 Å². The Kier molecular flexibility index (Phi) is 4.98. The molecular formula is C19H17N3O4. The molecule has 0 atom stereocenters. The summed E-state index contributed by atoms with van der Waals surface area (Å²) in [6.45, 7) is 0. The summed E-state index contributed by atoms with van der Waals surface area (Å²) in [4.78, 5) is 16.6. The number of para-hydroxylation sites is 1. The van der Waals surface area contributed by atoms with Crippen LogP contribution in [0.3, 0.4) is 0 Å². The number of carbonyl (C=O) groups excluding carboxylic acids is 1. The summed E-state index contributed by atoms with van der Waals surface area (Å²) in [5.41, 5.74) is 3.96. The van der Waals surface area contributed by atoms with Gasteiger partial charge in [-0.1, -0.05) is 18.2 Å². The highest BCUT2D eigenvalue weighted by Crippen LogP contribution is 2.31. The summed E-state index contributed by atoms with van der Waals surface area (Å²) in [5, 5.41) is 14.7. The number of amides is 1. The zero-order valence-electron chi connectivity index (χ0n) is 14.3. The molecule has 7 heteroatoms. The fraction of sp³-hybridized carbons (Fsp3) is 0.105. The quantitative estimate of drug-likeness (QED) is 0.545. The van der Waals surface area contributed by atoms with Crippen molar-refractivity contribution < 1.29 is 19.4 Å². The normalized spacial score (nSPS) is 10.8. The minimum absolute atomic E-state index is 0.0754. The van der Waals surface area contributed by atoms with E-state index in [2.05, 4.69) is 15.5 Å². The zero-order chi connectivity index (χ0) is 18.5. The van der Waals surface area contributed by atoms with Crippen molar-refractivity contribution in [2.45, 2.75) is 0 Å². The molecule has 2 aromatic carbocycles. The van der Waals surface area contributed by atoms with E-state index >= 15 is 0 Å². The molecule has 0 bridgehead atoms. The SMILES string of the molecule is COc1cc(O)c(C=NNC(=O)c2ccnc3ccccc23)c(OC)c1. The number of ether oxygens (including phenoxy) is 2. The van der Waals surface area contributed by atoms with E-state index in [-0.39, 0.29) is 11.7 Å². The van der Waals surface area contributed by atoms with Crippen molar-refractivity contribution in [2.75, 3.05) is 14.2 Å². The van der Waals surface area contributed by atoms with Crippen LogP contribution in [0.15, 0.2) is 53.8 Å². The summed E-state index contributed by atoms with van der Waals surface area (Å²) in [7, 11) is 2.95. The molecule has 0 spiro atoms. The number of aromatic nitrogens is 1. The van der Waals surface area contributed by atoms with Crippen LogP contribution in [-0.4, -0.2) is 36.4 Å². The Labute approximate surface area is 149 Å². The maximum atomic E-state index is 12.4. The molecule has 26 heavy (non-hydrogen) atoms. The molecule has 2 N–H and O–H groups in total. The molecule has 0 aliphatic heterocycles. The first-order valence-corrected chi connectivity index (χ1v) is 7.76. The van der Waals surface area contributed by atoms with Crippen molar-refractivity contribution in [3.05, 3.63) is 59.8 Å². The number of nitrogens with zero attached hydrogens (tertiary/aromatic N) is 2. The predicted octanol–water partition coefficient (Wildman–Crippen LogP) is 2.72. The first-order chi connectivity index (χ1) is 12.6. The van der Waals surface area contributed by atoms with Gasteiger partial charge in [0, 0.05) is 23.7 Å². The van der Waals surface area contributed by atoms with Gasteiger partial charge in [-0.15, -0.1) is 0 Å². The Hall–Kier alpha value is -3.61. The van der Waals surface area contributed by atoms with E-state index < -0.39 is 0 Å². The maximum absolute atomic E-state index is 12.4. The van der Waals surface area contributed by atoms with Crippen LogP contribution in [0.2, 0.25) is 0 Å². The Morgan fingerprint density at radius 3 is 2.77 bits per heavy atom. The van der Waals surface area contributed by atoms with E-state index in [4.69, 9.17) is 9.47 Å². The lowest BCUT2D eigenvalue weighted by atomic mass is 10.1. The highest BCUT2D eigenvalue weighted by molar-refractivity contribution is 6.06. The summed E-state index contributed by atoms with van der Waals surface area (Å²) in [6, 6.07) is 12.0. The van der Waals surface area contributed by atoms with Gasteiger partial charge in [0.15, 0.2) is 0 Å². The van der Waals surface area contributed by atoms with Gasteiger partial charge in [0.05, 0.1) is 37.1 Å². The summed E-state index contributed by atoms with van der Waals surface area (Å²) in [5.74, 6) is 0.360. The number of methoxy groups -OCH3 is 2. The van der Waals surface area contributed by atoms with Crippen molar-refractivity contribution in [2.24, 2.45) is 5.10 Å². The number of pyridine rings is 1. The molecule has 132 valence electrons. The van der Waals surface area contributed by atoms with Crippen LogP contribution in [-0.2, 0) is 0 Å². The van der Waals surface area contributed by atoms with E-state index in [0.29, 0.717) is 22.6 Å².